The normalized spacial score (nSPS) is 12.1. The largest absolute Gasteiger partial charge is 0.370 e. The van der Waals surface area contributed by atoms with Crippen molar-refractivity contribution in [3.05, 3.63) is 35.9 Å². The van der Waals surface area contributed by atoms with Crippen LogP contribution in [0.25, 0.3) is 0 Å². The van der Waals surface area contributed by atoms with Crippen LogP contribution in [0.2, 0.25) is 0 Å². The summed E-state index contributed by atoms with van der Waals surface area (Å²) in [6.45, 7) is 7.24. The number of nitrogens with two attached hydrogens (primary N) is 1. The number of rotatable bonds is 5. The van der Waals surface area contributed by atoms with E-state index >= 15 is 0 Å². The fourth-order valence-electron chi connectivity index (χ4n) is 1.60. The Balaban J connectivity index is 2.22. The van der Waals surface area contributed by atoms with Gasteiger partial charge in [-0.1, -0.05) is 18.2 Å². The van der Waals surface area contributed by atoms with Gasteiger partial charge in [-0.15, -0.1) is 0 Å². The van der Waals surface area contributed by atoms with Crippen molar-refractivity contribution in [1.82, 2.24) is 10.6 Å². The standard InChI is InChI=1S/C15H24N4O/c1-15(2,3)19-14(16)18-11-7-10-17-13(20)12-8-5-4-6-9-12/h4-6,8-9H,7,10-11H2,1-3H3,(H,17,20)(H3,16,18,19). The van der Waals surface area contributed by atoms with E-state index in [1.165, 1.54) is 0 Å². The second kappa shape index (κ2) is 7.53. The highest BCUT2D eigenvalue weighted by atomic mass is 16.1. The first-order chi connectivity index (χ1) is 9.38. The Labute approximate surface area is 120 Å². The molecule has 1 aromatic carbocycles. The molecule has 4 N–H and O–H groups in total. The maximum absolute atomic E-state index is 11.7. The van der Waals surface area contributed by atoms with Gasteiger partial charge in [0.25, 0.3) is 5.91 Å². The molecule has 5 nitrogen and oxygen atoms in total. The first-order valence-corrected chi connectivity index (χ1v) is 6.80. The van der Waals surface area contributed by atoms with E-state index in [1.807, 2.05) is 39.0 Å². The molecule has 0 radical (unpaired) electrons. The van der Waals surface area contributed by atoms with Crippen LogP contribution in [0.5, 0.6) is 0 Å². The van der Waals surface area contributed by atoms with Gasteiger partial charge in [-0.2, -0.15) is 0 Å². The van der Waals surface area contributed by atoms with Crippen LogP contribution in [0.15, 0.2) is 35.3 Å². The van der Waals surface area contributed by atoms with Crippen LogP contribution in [-0.2, 0) is 0 Å². The summed E-state index contributed by atoms with van der Waals surface area (Å²) < 4.78 is 0. The number of nitrogens with one attached hydrogen (secondary N) is 2. The van der Waals surface area contributed by atoms with Gasteiger partial charge in [-0.3, -0.25) is 9.79 Å². The van der Waals surface area contributed by atoms with E-state index in [-0.39, 0.29) is 11.4 Å². The van der Waals surface area contributed by atoms with Crippen LogP contribution >= 0.6 is 0 Å². The second-order valence-electron chi connectivity index (χ2n) is 5.62. The Morgan fingerprint density at radius 2 is 1.90 bits per heavy atom. The molecule has 0 unspecified atom stereocenters. The van der Waals surface area contributed by atoms with E-state index in [2.05, 4.69) is 15.6 Å². The van der Waals surface area contributed by atoms with Gasteiger partial charge < -0.3 is 16.4 Å². The summed E-state index contributed by atoms with van der Waals surface area (Å²) in [6.07, 6.45) is 0.755. The first-order valence-electron chi connectivity index (χ1n) is 6.80. The van der Waals surface area contributed by atoms with Crippen molar-refractivity contribution in [2.24, 2.45) is 10.7 Å². The summed E-state index contributed by atoms with van der Waals surface area (Å²) in [5, 5.41) is 5.94. The molecule has 0 heterocycles. The summed E-state index contributed by atoms with van der Waals surface area (Å²) in [5.41, 5.74) is 6.33. The molecular weight excluding hydrogens is 252 g/mol. The highest BCUT2D eigenvalue weighted by molar-refractivity contribution is 5.94. The molecule has 0 aliphatic rings. The molecule has 0 atom stereocenters. The minimum Gasteiger partial charge on any atom is -0.370 e. The Kier molecular flexibility index (Phi) is 6.03. The van der Waals surface area contributed by atoms with Crippen molar-refractivity contribution >= 4 is 11.9 Å². The van der Waals surface area contributed by atoms with Gasteiger partial charge in [0.2, 0.25) is 0 Å². The maximum atomic E-state index is 11.7. The number of nitrogens with zero attached hydrogens (tertiary/aromatic N) is 1. The SMILES string of the molecule is CC(C)(C)NC(N)=NCCCNC(=O)c1ccccc1. The maximum Gasteiger partial charge on any atom is 0.251 e. The summed E-state index contributed by atoms with van der Waals surface area (Å²) >= 11 is 0. The molecule has 5 heteroatoms. The lowest BCUT2D eigenvalue weighted by molar-refractivity contribution is 0.0953. The highest BCUT2D eigenvalue weighted by Gasteiger charge is 2.09. The van der Waals surface area contributed by atoms with Crippen molar-refractivity contribution in [2.45, 2.75) is 32.7 Å². The van der Waals surface area contributed by atoms with Crippen molar-refractivity contribution in [1.29, 1.82) is 0 Å². The number of hydrogen-bond acceptors (Lipinski definition) is 2. The number of hydrogen-bond donors (Lipinski definition) is 3. The van der Waals surface area contributed by atoms with Gasteiger partial charge in [0.05, 0.1) is 0 Å². The predicted octanol–water partition coefficient (Wildman–Crippen LogP) is 1.51. The quantitative estimate of drug-likeness (QED) is 0.433. The predicted molar refractivity (Wildman–Crippen MR) is 82.8 cm³/mol. The van der Waals surface area contributed by atoms with Crippen LogP contribution in [-0.4, -0.2) is 30.5 Å². The lowest BCUT2D eigenvalue weighted by atomic mass is 10.1. The van der Waals surface area contributed by atoms with Crippen molar-refractivity contribution in [3.8, 4) is 0 Å². The summed E-state index contributed by atoms with van der Waals surface area (Å²) in [5.74, 6) is 0.377. The third kappa shape index (κ3) is 6.78. The number of benzene rings is 1. The van der Waals surface area contributed by atoms with Gasteiger partial charge in [0.1, 0.15) is 0 Å². The fourth-order valence-corrected chi connectivity index (χ4v) is 1.60. The van der Waals surface area contributed by atoms with Crippen LogP contribution in [0.1, 0.15) is 37.6 Å². The molecule has 1 amide bonds. The molecule has 1 aromatic rings. The Bertz CT molecular complexity index is 449. The minimum absolute atomic E-state index is 0.0598. The van der Waals surface area contributed by atoms with Crippen LogP contribution < -0.4 is 16.4 Å². The number of amides is 1. The molecule has 1 rings (SSSR count). The monoisotopic (exact) mass is 276 g/mol. The molecule has 0 saturated heterocycles. The molecule has 0 bridgehead atoms. The van der Waals surface area contributed by atoms with Gasteiger partial charge in [-0.25, -0.2) is 0 Å². The Morgan fingerprint density at radius 1 is 1.25 bits per heavy atom. The van der Waals surface area contributed by atoms with Gasteiger partial charge in [0.15, 0.2) is 5.96 Å². The first kappa shape index (κ1) is 16.0. The van der Waals surface area contributed by atoms with Crippen molar-refractivity contribution in [2.75, 3.05) is 13.1 Å². The topological polar surface area (TPSA) is 79.5 Å². The zero-order chi connectivity index (χ0) is 15.0. The van der Waals surface area contributed by atoms with E-state index in [0.29, 0.717) is 24.6 Å². The third-order valence-electron chi connectivity index (χ3n) is 2.44. The van der Waals surface area contributed by atoms with Gasteiger partial charge in [0, 0.05) is 24.2 Å². The Hall–Kier alpha value is -2.04. The molecule has 110 valence electrons. The van der Waals surface area contributed by atoms with Crippen molar-refractivity contribution in [3.63, 3.8) is 0 Å². The molecule has 0 aromatic heterocycles. The summed E-state index contributed by atoms with van der Waals surface area (Å²) in [6, 6.07) is 9.16. The highest BCUT2D eigenvalue weighted by Crippen LogP contribution is 1.98. The molecule has 0 spiro atoms. The summed E-state index contributed by atoms with van der Waals surface area (Å²) in [4.78, 5) is 16.0. The summed E-state index contributed by atoms with van der Waals surface area (Å²) in [7, 11) is 0. The number of guanidine groups is 1. The number of carbonyl (C=O) groups is 1. The molecule has 0 fully saturated rings. The lowest BCUT2D eigenvalue weighted by Gasteiger charge is -2.20. The van der Waals surface area contributed by atoms with Gasteiger partial charge >= 0.3 is 0 Å². The average molecular weight is 276 g/mol. The van der Waals surface area contributed by atoms with E-state index in [9.17, 15) is 4.79 Å². The van der Waals surface area contributed by atoms with Crippen LogP contribution in [0, 0.1) is 0 Å². The zero-order valence-corrected chi connectivity index (χ0v) is 12.4. The second-order valence-corrected chi connectivity index (χ2v) is 5.62. The smallest absolute Gasteiger partial charge is 0.251 e. The third-order valence-corrected chi connectivity index (χ3v) is 2.44. The van der Waals surface area contributed by atoms with Crippen LogP contribution in [0.3, 0.4) is 0 Å². The van der Waals surface area contributed by atoms with E-state index in [1.54, 1.807) is 12.1 Å². The fraction of sp³-hybridized carbons (Fsp3) is 0.467. The number of aliphatic imine (C=N–C) groups is 1. The van der Waals surface area contributed by atoms with E-state index in [0.717, 1.165) is 6.42 Å². The van der Waals surface area contributed by atoms with Gasteiger partial charge in [-0.05, 0) is 39.3 Å². The molecule has 0 aliphatic heterocycles. The Morgan fingerprint density at radius 3 is 2.50 bits per heavy atom. The van der Waals surface area contributed by atoms with Crippen LogP contribution in [0.4, 0.5) is 0 Å². The minimum atomic E-state index is -0.0882. The number of carbonyl (C=O) groups excluding carboxylic acids is 1. The van der Waals surface area contributed by atoms with Crippen molar-refractivity contribution < 1.29 is 4.79 Å². The zero-order valence-electron chi connectivity index (χ0n) is 12.4. The molecule has 0 saturated carbocycles. The molecule has 0 aliphatic carbocycles. The average Bonchev–Trinajstić information content (AvgIpc) is 2.37. The lowest BCUT2D eigenvalue weighted by Crippen LogP contribution is -2.45. The molecular formula is C15H24N4O. The van der Waals surface area contributed by atoms with E-state index < -0.39 is 0 Å². The van der Waals surface area contributed by atoms with E-state index in [4.69, 9.17) is 5.73 Å². The molecule has 20 heavy (non-hydrogen) atoms.